The molecule has 0 unspecified atom stereocenters. The van der Waals surface area contributed by atoms with Gasteiger partial charge in [-0.15, -0.1) is 12.6 Å². The number of piperazine rings is 1. The summed E-state index contributed by atoms with van der Waals surface area (Å²) in [5.41, 5.74) is 2.51. The molecule has 0 amide bonds. The number of alkyl halides is 3. The number of hydrogen-bond donors (Lipinski definition) is 3. The van der Waals surface area contributed by atoms with Crippen molar-refractivity contribution in [1.29, 1.82) is 0 Å². The fourth-order valence-corrected chi connectivity index (χ4v) is 3.59. The van der Waals surface area contributed by atoms with Crippen LogP contribution in [-0.4, -0.2) is 32.7 Å². The number of anilines is 2. The van der Waals surface area contributed by atoms with Gasteiger partial charge in [0.1, 0.15) is 0 Å². The van der Waals surface area contributed by atoms with Crippen LogP contribution in [0.2, 0.25) is 5.02 Å². The number of fused-ring (bicyclic) bond motifs is 1. The number of nitrogens with zero attached hydrogens (tertiary/aromatic N) is 1. The molecule has 4 rings (SSSR count). The highest BCUT2D eigenvalue weighted by atomic mass is 35.5. The molecule has 2 aromatic carbocycles. The van der Waals surface area contributed by atoms with Crippen LogP contribution < -0.4 is 15.5 Å². The summed E-state index contributed by atoms with van der Waals surface area (Å²) in [5, 5.41) is 6.56. The van der Waals surface area contributed by atoms with E-state index in [2.05, 4.69) is 35.4 Å². The Hall–Kier alpha value is -1.57. The topological polar surface area (TPSA) is 27.3 Å². The van der Waals surface area contributed by atoms with Gasteiger partial charge >= 0.3 is 6.18 Å². The van der Waals surface area contributed by atoms with Gasteiger partial charge in [0.2, 0.25) is 0 Å². The Bertz CT molecular complexity index is 792. The summed E-state index contributed by atoms with van der Waals surface area (Å²) in [6.45, 7) is 4.00. The van der Waals surface area contributed by atoms with Gasteiger partial charge in [-0.2, -0.15) is 13.2 Å². The Morgan fingerprint density at radius 1 is 1.00 bits per heavy atom. The standard InChI is InChI=1S/C11H12ClF3N2.C8H9NS/c12-9-5-8(11(13,14)15)6-10(7-9)17-3-1-16-2-4-17;10-7-1-2-8-6(5-7)3-4-9-8/h5-7,16H,1-4H2;1-2,5,9-10H,3-4H2. The SMILES string of the molecule is FC(F)(F)c1cc(Cl)cc(N2CCNCC2)c1.Sc1ccc2c(c1)CCN2. The highest BCUT2D eigenvalue weighted by molar-refractivity contribution is 7.80. The van der Waals surface area contributed by atoms with Gasteiger partial charge in [0, 0.05) is 54.0 Å². The average molecular weight is 416 g/mol. The van der Waals surface area contributed by atoms with Gasteiger partial charge in [-0.05, 0) is 48.4 Å². The Labute approximate surface area is 167 Å². The first-order valence-electron chi connectivity index (χ1n) is 8.72. The molecule has 2 aliphatic heterocycles. The van der Waals surface area contributed by atoms with Crippen molar-refractivity contribution >= 4 is 35.6 Å². The molecule has 0 spiro atoms. The Morgan fingerprint density at radius 2 is 1.74 bits per heavy atom. The van der Waals surface area contributed by atoms with E-state index in [1.54, 1.807) is 6.07 Å². The molecule has 0 radical (unpaired) electrons. The average Bonchev–Trinajstić information content (AvgIpc) is 3.09. The van der Waals surface area contributed by atoms with E-state index < -0.39 is 11.7 Å². The van der Waals surface area contributed by atoms with E-state index in [4.69, 9.17) is 11.6 Å². The lowest BCUT2D eigenvalue weighted by Gasteiger charge is -2.30. The molecule has 2 aliphatic rings. The molecule has 2 heterocycles. The lowest BCUT2D eigenvalue weighted by atomic mass is 10.1. The van der Waals surface area contributed by atoms with Crippen LogP contribution in [0.5, 0.6) is 0 Å². The first-order chi connectivity index (χ1) is 12.8. The van der Waals surface area contributed by atoms with Crippen molar-refractivity contribution in [3.8, 4) is 0 Å². The van der Waals surface area contributed by atoms with Crippen molar-refractivity contribution < 1.29 is 13.2 Å². The number of hydrogen-bond acceptors (Lipinski definition) is 4. The largest absolute Gasteiger partial charge is 0.416 e. The quantitative estimate of drug-likeness (QED) is 0.589. The lowest BCUT2D eigenvalue weighted by molar-refractivity contribution is -0.137. The van der Waals surface area contributed by atoms with Gasteiger partial charge < -0.3 is 15.5 Å². The van der Waals surface area contributed by atoms with E-state index in [0.717, 1.165) is 43.1 Å². The predicted octanol–water partition coefficient (Wildman–Crippen LogP) is 4.71. The zero-order valence-corrected chi connectivity index (χ0v) is 16.3. The summed E-state index contributed by atoms with van der Waals surface area (Å²) in [4.78, 5) is 2.96. The van der Waals surface area contributed by atoms with Gasteiger partial charge in [-0.1, -0.05) is 11.6 Å². The molecular weight excluding hydrogens is 395 g/mol. The zero-order valence-electron chi connectivity index (χ0n) is 14.6. The number of thiol groups is 1. The third-order valence-corrected chi connectivity index (χ3v) is 4.99. The number of halogens is 4. The summed E-state index contributed by atoms with van der Waals surface area (Å²) in [6.07, 6.45) is -3.21. The molecule has 1 saturated heterocycles. The minimum absolute atomic E-state index is 0.119. The van der Waals surface area contributed by atoms with Crippen molar-refractivity contribution in [1.82, 2.24) is 5.32 Å². The van der Waals surface area contributed by atoms with E-state index in [1.807, 2.05) is 11.0 Å². The van der Waals surface area contributed by atoms with E-state index in [0.29, 0.717) is 18.8 Å². The Kier molecular flexibility index (Phi) is 6.44. The predicted molar refractivity (Wildman–Crippen MR) is 107 cm³/mol. The molecule has 0 atom stereocenters. The van der Waals surface area contributed by atoms with E-state index in [-0.39, 0.29) is 5.02 Å². The molecular formula is C19H21ClF3N3S. The maximum Gasteiger partial charge on any atom is 0.416 e. The molecule has 0 aromatic heterocycles. The molecule has 1 fully saturated rings. The fourth-order valence-electron chi connectivity index (χ4n) is 3.13. The summed E-state index contributed by atoms with van der Waals surface area (Å²) in [6, 6.07) is 9.90. The molecule has 0 aliphatic carbocycles. The van der Waals surface area contributed by atoms with Crippen LogP contribution in [0, 0.1) is 0 Å². The highest BCUT2D eigenvalue weighted by Gasteiger charge is 2.31. The van der Waals surface area contributed by atoms with Crippen molar-refractivity contribution in [2.24, 2.45) is 0 Å². The lowest BCUT2D eigenvalue weighted by Crippen LogP contribution is -2.43. The van der Waals surface area contributed by atoms with Crippen molar-refractivity contribution in [2.45, 2.75) is 17.5 Å². The monoisotopic (exact) mass is 415 g/mol. The van der Waals surface area contributed by atoms with Gasteiger partial charge in [-0.25, -0.2) is 0 Å². The zero-order chi connectivity index (χ0) is 19.4. The van der Waals surface area contributed by atoms with Crippen LogP contribution in [0.15, 0.2) is 41.3 Å². The summed E-state index contributed by atoms with van der Waals surface area (Å²) >= 11 is 9.99. The molecule has 27 heavy (non-hydrogen) atoms. The van der Waals surface area contributed by atoms with Crippen LogP contribution in [0.4, 0.5) is 24.5 Å². The van der Waals surface area contributed by atoms with Gasteiger partial charge in [0.15, 0.2) is 0 Å². The number of benzene rings is 2. The summed E-state index contributed by atoms with van der Waals surface area (Å²) < 4.78 is 37.9. The molecule has 0 bridgehead atoms. The van der Waals surface area contributed by atoms with E-state index >= 15 is 0 Å². The van der Waals surface area contributed by atoms with Crippen LogP contribution in [0.1, 0.15) is 11.1 Å². The van der Waals surface area contributed by atoms with Crippen LogP contribution in [0.25, 0.3) is 0 Å². The van der Waals surface area contributed by atoms with Gasteiger partial charge in [-0.3, -0.25) is 0 Å². The third-order valence-electron chi connectivity index (χ3n) is 4.49. The van der Waals surface area contributed by atoms with Crippen LogP contribution in [0.3, 0.4) is 0 Å². The number of nitrogens with one attached hydrogen (secondary N) is 2. The summed E-state index contributed by atoms with van der Waals surface area (Å²) in [7, 11) is 0. The van der Waals surface area contributed by atoms with Crippen LogP contribution in [-0.2, 0) is 12.6 Å². The van der Waals surface area contributed by atoms with Crippen molar-refractivity contribution in [3.05, 3.63) is 52.5 Å². The minimum Gasteiger partial charge on any atom is -0.384 e. The Balaban J connectivity index is 0.000000177. The van der Waals surface area contributed by atoms with Crippen molar-refractivity contribution in [2.75, 3.05) is 42.9 Å². The fraction of sp³-hybridized carbons (Fsp3) is 0.368. The third kappa shape index (κ3) is 5.46. The Morgan fingerprint density at radius 3 is 2.44 bits per heavy atom. The van der Waals surface area contributed by atoms with E-state index in [1.165, 1.54) is 11.3 Å². The maximum atomic E-state index is 12.6. The number of rotatable bonds is 1. The maximum absolute atomic E-state index is 12.6. The molecule has 2 N–H and O–H groups in total. The molecule has 146 valence electrons. The van der Waals surface area contributed by atoms with Gasteiger partial charge in [0.25, 0.3) is 0 Å². The first-order valence-corrected chi connectivity index (χ1v) is 9.55. The molecule has 3 nitrogen and oxygen atoms in total. The summed E-state index contributed by atoms with van der Waals surface area (Å²) in [5.74, 6) is 0. The minimum atomic E-state index is -4.35. The second-order valence-corrected chi connectivity index (χ2v) is 7.40. The second kappa shape index (κ2) is 8.63. The second-order valence-electron chi connectivity index (χ2n) is 6.45. The first kappa shape index (κ1) is 20.2. The smallest absolute Gasteiger partial charge is 0.384 e. The van der Waals surface area contributed by atoms with E-state index in [9.17, 15) is 13.2 Å². The van der Waals surface area contributed by atoms with Crippen LogP contribution >= 0.6 is 24.2 Å². The molecule has 0 saturated carbocycles. The molecule has 2 aromatic rings. The molecule has 8 heteroatoms. The normalized spacial score (nSPS) is 16.3. The van der Waals surface area contributed by atoms with Crippen molar-refractivity contribution in [3.63, 3.8) is 0 Å². The van der Waals surface area contributed by atoms with Gasteiger partial charge in [0.05, 0.1) is 5.56 Å². The highest BCUT2D eigenvalue weighted by Crippen LogP contribution is 2.34.